The van der Waals surface area contributed by atoms with Gasteiger partial charge in [0.2, 0.25) is 0 Å². The molecule has 0 aliphatic carbocycles. The van der Waals surface area contributed by atoms with Crippen molar-refractivity contribution in [1.82, 2.24) is 49.0 Å². The van der Waals surface area contributed by atoms with E-state index in [2.05, 4.69) is 276 Å². The summed E-state index contributed by atoms with van der Waals surface area (Å²) in [5.41, 5.74) is 33.9. The molecule has 0 unspecified atom stereocenters. The molecule has 12 heterocycles. The Morgan fingerprint density at radius 2 is 0.564 bits per heavy atom. The number of hydrogen-bond donors (Lipinski definition) is 0. The summed E-state index contributed by atoms with van der Waals surface area (Å²) in [6, 6.07) is 182. The van der Waals surface area contributed by atoms with Gasteiger partial charge in [-0.15, -0.1) is 287 Å². The van der Waals surface area contributed by atoms with E-state index in [4.69, 9.17) is 19.1 Å². The van der Waals surface area contributed by atoms with Gasteiger partial charge in [0.1, 0.15) is 11.6 Å². The number of rotatable bonds is 12. The number of anilines is 3. The van der Waals surface area contributed by atoms with Crippen LogP contribution in [-0.2, 0) is 94.2 Å². The topological polar surface area (TPSA) is 116 Å². The van der Waals surface area contributed by atoms with Crippen molar-refractivity contribution in [3.05, 3.63) is 586 Å². The molecule has 15 aromatic carbocycles. The van der Waals surface area contributed by atoms with E-state index in [-0.39, 0.29) is 81.4 Å². The van der Waals surface area contributed by atoms with Crippen molar-refractivity contribution in [3.63, 3.8) is 0 Å². The Labute approximate surface area is 928 Å². The van der Waals surface area contributed by atoms with E-state index in [0.717, 1.165) is 137 Å². The van der Waals surface area contributed by atoms with Crippen molar-refractivity contribution in [2.24, 2.45) is 0 Å². The van der Waals surface area contributed by atoms with Gasteiger partial charge in [0, 0.05) is 158 Å². The van der Waals surface area contributed by atoms with E-state index in [1.807, 2.05) is 285 Å². The van der Waals surface area contributed by atoms with Crippen LogP contribution in [0.5, 0.6) is 0 Å². The average Bonchev–Trinajstić information content (AvgIpc) is 1.03. The van der Waals surface area contributed by atoms with Gasteiger partial charge < -0.3 is 39.0 Å². The van der Waals surface area contributed by atoms with Gasteiger partial charge in [-0.3, -0.25) is 14.9 Å². The van der Waals surface area contributed by atoms with Crippen molar-refractivity contribution in [2.45, 2.75) is 26.6 Å². The summed E-state index contributed by atoms with van der Waals surface area (Å²) in [7, 11) is 0. The number of benzene rings is 15. The van der Waals surface area contributed by atoms with Crippen LogP contribution in [-0.4, -0.2) is 49.0 Å². The number of aromatic nitrogens is 10. The first kappa shape index (κ1) is 99.9. The third-order valence-corrected chi connectivity index (χ3v) is 25.1. The number of fused-ring (bicyclic) bond motifs is 10. The van der Waals surface area contributed by atoms with Gasteiger partial charge in [-0.2, -0.15) is 0 Å². The van der Waals surface area contributed by atoms with Gasteiger partial charge in [0.05, 0.1) is 27.8 Å². The van der Waals surface area contributed by atoms with E-state index in [1.54, 1.807) is 36.9 Å². The summed E-state index contributed by atoms with van der Waals surface area (Å²) in [5.74, 6) is 1.93. The van der Waals surface area contributed by atoms with Gasteiger partial charge in [-0.25, -0.2) is 0 Å². The van der Waals surface area contributed by atoms with Crippen LogP contribution in [0.15, 0.2) is 504 Å². The molecular weight excluding hydrogens is 2540 g/mol. The molecular formula is C134H93Ir3N11Pt-6. The predicted octanol–water partition coefficient (Wildman–Crippen LogP) is 32.1. The van der Waals surface area contributed by atoms with Crippen LogP contribution in [0, 0.1) is 62.3 Å². The second-order valence-electron chi connectivity index (χ2n) is 34.4. The van der Waals surface area contributed by atoms with Crippen LogP contribution in [0.3, 0.4) is 0 Å². The molecule has 25 aromatic rings. The first-order valence-electron chi connectivity index (χ1n) is 49.5. The molecule has 0 bridgehead atoms. The fourth-order valence-corrected chi connectivity index (χ4v) is 18.2. The fourth-order valence-electron chi connectivity index (χ4n) is 18.2. The monoisotopic (exact) mass is 2630 g/mol. The van der Waals surface area contributed by atoms with E-state index in [0.29, 0.717) is 16.8 Å². The molecule has 0 atom stereocenters. The molecule has 149 heavy (non-hydrogen) atoms. The predicted molar refractivity (Wildman–Crippen MR) is 591 cm³/mol. The van der Waals surface area contributed by atoms with Crippen LogP contribution in [0.25, 0.3) is 167 Å². The summed E-state index contributed by atoms with van der Waals surface area (Å²) in [4.78, 5) is 39.1. The molecule has 10 aromatic heterocycles. The van der Waals surface area contributed by atoms with Crippen molar-refractivity contribution in [2.75, 3.05) is 4.90 Å². The van der Waals surface area contributed by atoms with Crippen molar-refractivity contribution < 1.29 is 85.5 Å². The standard InChI is InChI=1S/C35H22N3.C30H19N3.2C18H14N.3C11H8N.3Ir.Pt/c1-4-12-24(13-5-1)31-21-30-29-20-28-27-18-10-11-19-32(27)37(25-14-6-2-7-15-25)33(28)22-34(29)38(35(30)23-36-31)26-16-8-3-9-17-26;1-3-8-20(9-4-1)26-16-14-24-18-22-12-7-13-23-19-25-15-17-27(21-10-5-2-6-11-21)32-30(25)33(28(22)23)29(24)31-26;2*1-14-12-18(16-10-6-3-7-11-16)19-13-17(14)15-8-4-2-5-9-15;3*1-2-6-10(7-3-1)11-8-4-5-9-12-11;;;;/h1-12,14-23H;1-8,10,12-17H,18-19H2;2*2-10,12-13H,1H3;3*1-6,8-9H;;;;/q-1;-2;5*-1;;;;+2/i;;1D3;;;;;;;;. The molecule has 0 amide bonds. The van der Waals surface area contributed by atoms with Crippen molar-refractivity contribution in [3.8, 4) is 124 Å². The first-order chi connectivity index (χ1) is 73.0. The summed E-state index contributed by atoms with van der Waals surface area (Å²) >= 11 is 0. The summed E-state index contributed by atoms with van der Waals surface area (Å²) in [6.45, 7) is -0.0753. The molecule has 0 fully saturated rings. The first-order valence-corrected chi connectivity index (χ1v) is 48.0. The van der Waals surface area contributed by atoms with Gasteiger partial charge in [0.15, 0.2) is 0 Å². The Morgan fingerprint density at radius 1 is 0.242 bits per heavy atom. The molecule has 0 spiro atoms. The minimum atomic E-state index is -2.20. The van der Waals surface area contributed by atoms with E-state index in [1.165, 1.54) is 77.2 Å². The van der Waals surface area contributed by atoms with Crippen LogP contribution < -0.4 is 4.90 Å². The molecule has 3 radical (unpaired) electrons. The number of para-hydroxylation sites is 4. The molecule has 11 nitrogen and oxygen atoms in total. The summed E-state index contributed by atoms with van der Waals surface area (Å²) in [6.07, 6.45) is 12.7. The van der Waals surface area contributed by atoms with E-state index in [9.17, 15) is 0 Å². The minimum Gasteiger partial charge on any atom is -0.309 e. The summed E-state index contributed by atoms with van der Waals surface area (Å²) in [5, 5.41) is 4.89. The molecule has 2 aliphatic heterocycles. The van der Waals surface area contributed by atoms with Crippen LogP contribution in [0.2, 0.25) is 0 Å². The molecule has 0 saturated carbocycles. The second-order valence-corrected chi connectivity index (χ2v) is 34.4. The summed E-state index contributed by atoms with van der Waals surface area (Å²) < 4.78 is 28.2. The van der Waals surface area contributed by atoms with Gasteiger partial charge in [-0.1, -0.05) is 212 Å². The Balaban J connectivity index is 0.000000125. The van der Waals surface area contributed by atoms with Gasteiger partial charge >= 0.3 is 21.1 Å². The number of pyridine rings is 8. The zero-order valence-corrected chi connectivity index (χ0v) is 90.0. The number of hydrogen-bond acceptors (Lipinski definition) is 9. The maximum atomic E-state index is 7.82. The van der Waals surface area contributed by atoms with E-state index >= 15 is 0 Å². The normalized spacial score (nSPS) is 11.3. The van der Waals surface area contributed by atoms with Crippen LogP contribution in [0.4, 0.5) is 17.3 Å². The maximum Gasteiger partial charge on any atom is 2.00 e. The Morgan fingerprint density at radius 3 is 0.940 bits per heavy atom. The molecule has 0 saturated heterocycles. The molecule has 15 heteroatoms. The van der Waals surface area contributed by atoms with Crippen molar-refractivity contribution >= 4 is 60.9 Å². The molecule has 27 rings (SSSR count). The van der Waals surface area contributed by atoms with Gasteiger partial charge in [-0.05, 0) is 164 Å². The molecule has 2 aliphatic rings. The second kappa shape index (κ2) is 50.6. The molecule has 727 valence electrons. The van der Waals surface area contributed by atoms with Gasteiger partial charge in [0.25, 0.3) is 0 Å². The smallest absolute Gasteiger partial charge is 0.309 e. The Bertz CT molecular complexity index is 8370. The van der Waals surface area contributed by atoms with E-state index < -0.39 is 6.85 Å². The van der Waals surface area contributed by atoms with Crippen molar-refractivity contribution in [1.29, 1.82) is 0 Å². The van der Waals surface area contributed by atoms with Crippen LogP contribution in [0.1, 0.15) is 37.5 Å². The average molecular weight is 2630 g/mol. The van der Waals surface area contributed by atoms with Crippen LogP contribution >= 0.6 is 0 Å². The quantitative estimate of drug-likeness (QED) is 0.110. The Hall–Kier alpha value is -16.5. The zero-order valence-electron chi connectivity index (χ0n) is 83.6. The Kier molecular flexibility index (Phi) is 33.9. The largest absolute Gasteiger partial charge is 2.00 e. The third-order valence-electron chi connectivity index (χ3n) is 25.1. The zero-order chi connectivity index (χ0) is 100. The minimum absolute atomic E-state index is 0. The molecule has 0 N–H and O–H groups in total. The fraction of sp³-hybridized carbons (Fsp3) is 0.0299. The maximum absolute atomic E-state index is 7.82. The third kappa shape index (κ3) is 24.3. The number of nitrogens with zero attached hydrogens (tertiary/aromatic N) is 11. The number of aryl methyl sites for hydroxylation is 2. The SMILES string of the molecule is Cc1cc(-c2[c-]cccc2)ncc1-c1ccccc1.[2H]C([2H])([2H])c1cc(-c2[c-]cccc2)ncc1-c1ccccc1.[Ir].[Ir].[Ir].[Pt+2].[c-]1ccccc1-c1cc2c3cc4c5ccccc5n(-c5ccccc5)c4cc3n(-c3ccccc3)c2cn1.[c-]1ccccc1-c1ccc2c(n1)N1c3nc(-c4[c-]cccc4)ccc3Cc3cccc(c31)C2.[c-]1ccccc1-c1ccccn1.[c-]1ccccc1-c1ccccn1.[c-]1ccccc1-c1ccccn1.